The highest BCUT2D eigenvalue weighted by atomic mass is 16.4. The minimum absolute atomic E-state index is 0.0231. The largest absolute Gasteiger partial charge is 0.481 e. The molecule has 0 fully saturated rings. The standard InChI is InChI=1S/C5H9NO4.C4H6O5/c6-3(5(9)10)1-2-4(7)8;5-2(4(8)9)1-3(6)7/h3H,1-2,6H2,(H,7,8)(H,9,10);2,5H,1H2,(H,6,7)(H,8,9). The minimum Gasteiger partial charge on any atom is -0.481 e. The van der Waals surface area contributed by atoms with E-state index in [2.05, 4.69) is 0 Å². The second kappa shape index (κ2) is 9.79. The van der Waals surface area contributed by atoms with Crippen LogP contribution in [0.2, 0.25) is 0 Å². The monoisotopic (exact) mass is 281 g/mol. The summed E-state index contributed by atoms with van der Waals surface area (Å²) in [5.41, 5.74) is 5.00. The van der Waals surface area contributed by atoms with Crippen LogP contribution in [0.1, 0.15) is 19.3 Å². The quantitative estimate of drug-likeness (QED) is 0.308. The number of hydrogen-bond acceptors (Lipinski definition) is 6. The number of carboxylic acid groups (broad SMARTS) is 4. The molecule has 0 spiro atoms. The lowest BCUT2D eigenvalue weighted by Crippen LogP contribution is -2.30. The summed E-state index contributed by atoms with van der Waals surface area (Å²) in [6, 6.07) is -1.06. The van der Waals surface area contributed by atoms with Gasteiger partial charge in [-0.1, -0.05) is 0 Å². The van der Waals surface area contributed by atoms with Gasteiger partial charge in [-0.25, -0.2) is 4.79 Å². The molecular weight excluding hydrogens is 266 g/mol. The number of rotatable bonds is 7. The van der Waals surface area contributed by atoms with Gasteiger partial charge < -0.3 is 31.3 Å². The fourth-order valence-electron chi connectivity index (χ4n) is 0.655. The summed E-state index contributed by atoms with van der Waals surface area (Å²) in [4.78, 5) is 39.3. The molecule has 2 atom stereocenters. The summed E-state index contributed by atoms with van der Waals surface area (Å²) in [6.45, 7) is 0. The van der Waals surface area contributed by atoms with Crippen LogP contribution in [0.15, 0.2) is 0 Å². The van der Waals surface area contributed by atoms with E-state index < -0.39 is 42.4 Å². The van der Waals surface area contributed by atoms with Crippen LogP contribution in [-0.4, -0.2) is 61.6 Å². The van der Waals surface area contributed by atoms with E-state index in [9.17, 15) is 19.2 Å². The summed E-state index contributed by atoms with van der Waals surface area (Å²) in [7, 11) is 0. The van der Waals surface area contributed by atoms with Crippen LogP contribution in [0.25, 0.3) is 0 Å². The molecule has 0 amide bonds. The second-order valence-electron chi connectivity index (χ2n) is 3.33. The third-order valence-corrected chi connectivity index (χ3v) is 1.64. The fourth-order valence-corrected chi connectivity index (χ4v) is 0.655. The summed E-state index contributed by atoms with van der Waals surface area (Å²) in [6.07, 6.45) is -2.77. The van der Waals surface area contributed by atoms with E-state index in [4.69, 9.17) is 31.3 Å². The van der Waals surface area contributed by atoms with E-state index in [1.54, 1.807) is 0 Å². The van der Waals surface area contributed by atoms with Gasteiger partial charge in [0, 0.05) is 6.42 Å². The van der Waals surface area contributed by atoms with Crippen molar-refractivity contribution >= 4 is 23.9 Å². The van der Waals surface area contributed by atoms with Gasteiger partial charge in [0.05, 0.1) is 6.42 Å². The Bertz CT molecular complexity index is 341. The first kappa shape index (κ1) is 19.1. The van der Waals surface area contributed by atoms with Gasteiger partial charge in [-0.3, -0.25) is 14.4 Å². The smallest absolute Gasteiger partial charge is 0.333 e. The van der Waals surface area contributed by atoms with Crippen molar-refractivity contribution in [2.24, 2.45) is 5.73 Å². The molecule has 0 bridgehead atoms. The molecule has 0 aliphatic rings. The van der Waals surface area contributed by atoms with E-state index in [1.807, 2.05) is 0 Å². The lowest BCUT2D eigenvalue weighted by molar-refractivity contribution is -0.152. The van der Waals surface area contributed by atoms with Crippen LogP contribution in [0.5, 0.6) is 0 Å². The normalized spacial score (nSPS) is 12.5. The Kier molecular flexibility index (Phi) is 9.87. The zero-order valence-corrected chi connectivity index (χ0v) is 9.72. The molecule has 0 saturated heterocycles. The van der Waals surface area contributed by atoms with Crippen LogP contribution in [0, 0.1) is 0 Å². The maximum atomic E-state index is 9.99. The first-order valence-corrected chi connectivity index (χ1v) is 4.90. The molecule has 2 unspecified atom stereocenters. The number of nitrogens with two attached hydrogens (primary N) is 1. The molecule has 0 aliphatic heterocycles. The highest BCUT2D eigenvalue weighted by molar-refractivity contribution is 5.79. The van der Waals surface area contributed by atoms with E-state index in [0.717, 1.165) is 0 Å². The highest BCUT2D eigenvalue weighted by Crippen LogP contribution is 1.93. The summed E-state index contributed by atoms with van der Waals surface area (Å²) in [5, 5.41) is 40.4. The molecule has 0 aromatic rings. The van der Waals surface area contributed by atoms with Crippen LogP contribution in [0.3, 0.4) is 0 Å². The Balaban J connectivity index is 0. The average molecular weight is 281 g/mol. The minimum atomic E-state index is -1.79. The maximum absolute atomic E-state index is 9.99. The first-order chi connectivity index (χ1) is 8.57. The zero-order chi connectivity index (χ0) is 15.6. The van der Waals surface area contributed by atoms with E-state index in [0.29, 0.717) is 0 Å². The molecule has 0 aromatic carbocycles. The molecule has 19 heavy (non-hydrogen) atoms. The predicted octanol–water partition coefficient (Wildman–Crippen LogP) is -1.83. The van der Waals surface area contributed by atoms with Crippen molar-refractivity contribution in [1.29, 1.82) is 0 Å². The molecular formula is C9H15NO9. The Labute approximate surface area is 107 Å². The van der Waals surface area contributed by atoms with Crippen molar-refractivity contribution in [2.45, 2.75) is 31.4 Å². The topological polar surface area (TPSA) is 195 Å². The van der Waals surface area contributed by atoms with Gasteiger partial charge in [-0.15, -0.1) is 0 Å². The fraction of sp³-hybridized carbons (Fsp3) is 0.556. The molecule has 10 nitrogen and oxygen atoms in total. The van der Waals surface area contributed by atoms with Gasteiger partial charge in [-0.05, 0) is 6.42 Å². The van der Waals surface area contributed by atoms with Crippen molar-refractivity contribution in [3.05, 3.63) is 0 Å². The Morgan fingerprint density at radius 1 is 0.895 bits per heavy atom. The van der Waals surface area contributed by atoms with Crippen LogP contribution in [-0.2, 0) is 19.2 Å². The Hall–Kier alpha value is -2.20. The number of aliphatic carboxylic acids is 4. The second-order valence-corrected chi connectivity index (χ2v) is 3.33. The van der Waals surface area contributed by atoms with E-state index in [-0.39, 0.29) is 12.8 Å². The third kappa shape index (κ3) is 13.7. The summed E-state index contributed by atoms with van der Waals surface area (Å²) < 4.78 is 0. The predicted molar refractivity (Wildman–Crippen MR) is 58.4 cm³/mol. The maximum Gasteiger partial charge on any atom is 0.333 e. The lowest BCUT2D eigenvalue weighted by Gasteiger charge is -2.01. The van der Waals surface area contributed by atoms with Crippen LogP contribution >= 0.6 is 0 Å². The van der Waals surface area contributed by atoms with Crippen molar-refractivity contribution < 1.29 is 44.7 Å². The molecule has 0 heterocycles. The molecule has 110 valence electrons. The lowest BCUT2D eigenvalue weighted by atomic mass is 10.2. The first-order valence-electron chi connectivity index (χ1n) is 4.90. The highest BCUT2D eigenvalue weighted by Gasteiger charge is 2.16. The van der Waals surface area contributed by atoms with Crippen molar-refractivity contribution in [2.75, 3.05) is 0 Å². The number of carboxylic acids is 4. The van der Waals surface area contributed by atoms with Crippen molar-refractivity contribution in [1.82, 2.24) is 0 Å². The third-order valence-electron chi connectivity index (χ3n) is 1.64. The SMILES string of the molecule is NC(CCC(=O)O)C(=O)O.O=C(O)CC(O)C(=O)O. The van der Waals surface area contributed by atoms with E-state index in [1.165, 1.54) is 0 Å². The number of hydrogen-bond donors (Lipinski definition) is 6. The molecule has 0 aliphatic carbocycles. The molecule has 7 N–H and O–H groups in total. The van der Waals surface area contributed by atoms with Gasteiger partial charge in [0.15, 0.2) is 6.10 Å². The van der Waals surface area contributed by atoms with Crippen LogP contribution < -0.4 is 5.73 Å². The van der Waals surface area contributed by atoms with E-state index >= 15 is 0 Å². The summed E-state index contributed by atoms with van der Waals surface area (Å²) >= 11 is 0. The Morgan fingerprint density at radius 3 is 1.58 bits per heavy atom. The number of aliphatic hydroxyl groups is 1. The molecule has 0 saturated carbocycles. The number of carbonyl (C=O) groups is 4. The molecule has 10 heteroatoms. The summed E-state index contributed by atoms with van der Waals surface area (Å²) in [5.74, 6) is -5.04. The average Bonchev–Trinajstić information content (AvgIpc) is 2.25. The molecule has 0 radical (unpaired) electrons. The number of aliphatic hydroxyl groups excluding tert-OH is 1. The molecule has 0 aromatic heterocycles. The van der Waals surface area contributed by atoms with Gasteiger partial charge >= 0.3 is 23.9 Å². The van der Waals surface area contributed by atoms with Crippen molar-refractivity contribution in [3.63, 3.8) is 0 Å². The van der Waals surface area contributed by atoms with Gasteiger partial charge in [0.1, 0.15) is 6.04 Å². The molecule has 0 rings (SSSR count). The van der Waals surface area contributed by atoms with Crippen molar-refractivity contribution in [3.8, 4) is 0 Å². The van der Waals surface area contributed by atoms with Crippen LogP contribution in [0.4, 0.5) is 0 Å². The van der Waals surface area contributed by atoms with Gasteiger partial charge in [0.25, 0.3) is 0 Å². The Morgan fingerprint density at radius 2 is 1.37 bits per heavy atom. The van der Waals surface area contributed by atoms with Gasteiger partial charge in [-0.2, -0.15) is 0 Å². The van der Waals surface area contributed by atoms with Gasteiger partial charge in [0.2, 0.25) is 0 Å². The zero-order valence-electron chi connectivity index (χ0n) is 9.72.